The Morgan fingerprint density at radius 1 is 1.10 bits per heavy atom. The predicted molar refractivity (Wildman–Crippen MR) is 103 cm³/mol. The van der Waals surface area contributed by atoms with Gasteiger partial charge >= 0.3 is 6.18 Å². The number of aryl methyl sites for hydroxylation is 1. The standard InChI is InChI=1S/C20H21F3N2O3S/c1-14-8-10-16(11-9-14)29(27,28)25-12-4-5-15(13-25)19(26)24-18-7-3-2-6-17(18)20(21,22)23/h2-3,6-11,15H,4-5,12-13H2,1H3,(H,24,26)/t15-/m0/s1. The Balaban J connectivity index is 1.76. The van der Waals surface area contributed by atoms with Crippen LogP contribution in [0.1, 0.15) is 24.0 Å². The number of rotatable bonds is 4. The predicted octanol–water partition coefficient (Wildman–Crippen LogP) is 4.05. The number of anilines is 1. The topological polar surface area (TPSA) is 66.5 Å². The van der Waals surface area contributed by atoms with Crippen LogP contribution in [0.3, 0.4) is 0 Å². The Bertz CT molecular complexity index is 989. The molecular weight excluding hydrogens is 405 g/mol. The molecule has 1 aliphatic rings. The van der Waals surface area contributed by atoms with Crippen molar-refractivity contribution in [3.8, 4) is 0 Å². The smallest absolute Gasteiger partial charge is 0.325 e. The van der Waals surface area contributed by atoms with Gasteiger partial charge in [0.15, 0.2) is 0 Å². The third-order valence-electron chi connectivity index (χ3n) is 4.90. The molecule has 1 saturated heterocycles. The highest BCUT2D eigenvalue weighted by molar-refractivity contribution is 7.89. The Morgan fingerprint density at radius 3 is 2.41 bits per heavy atom. The molecule has 0 spiro atoms. The lowest BCUT2D eigenvalue weighted by Crippen LogP contribution is -2.43. The lowest BCUT2D eigenvalue weighted by atomic mass is 9.98. The highest BCUT2D eigenvalue weighted by Crippen LogP contribution is 2.35. The Labute approximate surface area is 167 Å². The molecule has 1 amide bonds. The minimum Gasteiger partial charge on any atom is -0.325 e. The first kappa shape index (κ1) is 21.3. The first-order valence-corrected chi connectivity index (χ1v) is 10.6. The van der Waals surface area contributed by atoms with Gasteiger partial charge in [-0.3, -0.25) is 4.79 Å². The van der Waals surface area contributed by atoms with Gasteiger partial charge in [-0.2, -0.15) is 17.5 Å². The SMILES string of the molecule is Cc1ccc(S(=O)(=O)N2CCC[C@H](C(=O)Nc3ccccc3C(F)(F)F)C2)cc1. The van der Waals surface area contributed by atoms with Crippen LogP contribution < -0.4 is 5.32 Å². The maximum absolute atomic E-state index is 13.1. The summed E-state index contributed by atoms with van der Waals surface area (Å²) in [4.78, 5) is 12.7. The van der Waals surface area contributed by atoms with Gasteiger partial charge in [0.05, 0.1) is 22.1 Å². The van der Waals surface area contributed by atoms with E-state index in [2.05, 4.69) is 5.32 Å². The van der Waals surface area contributed by atoms with Crippen molar-refractivity contribution in [1.82, 2.24) is 4.31 Å². The van der Waals surface area contributed by atoms with Crippen molar-refractivity contribution in [3.05, 3.63) is 59.7 Å². The van der Waals surface area contributed by atoms with Gasteiger partial charge in [0.1, 0.15) is 0 Å². The van der Waals surface area contributed by atoms with Crippen molar-refractivity contribution in [3.63, 3.8) is 0 Å². The molecule has 0 radical (unpaired) electrons. The fraction of sp³-hybridized carbons (Fsp3) is 0.350. The number of para-hydroxylation sites is 1. The number of hydrogen-bond donors (Lipinski definition) is 1. The number of carbonyl (C=O) groups is 1. The third-order valence-corrected chi connectivity index (χ3v) is 6.78. The van der Waals surface area contributed by atoms with Crippen LogP contribution in [0.2, 0.25) is 0 Å². The Kier molecular flexibility index (Phi) is 6.00. The van der Waals surface area contributed by atoms with Crippen LogP contribution in [-0.4, -0.2) is 31.7 Å². The van der Waals surface area contributed by atoms with E-state index in [4.69, 9.17) is 0 Å². The number of sulfonamides is 1. The van der Waals surface area contributed by atoms with Crippen LogP contribution in [0.5, 0.6) is 0 Å². The highest BCUT2D eigenvalue weighted by Gasteiger charge is 2.36. The van der Waals surface area contributed by atoms with Crippen LogP contribution in [0, 0.1) is 12.8 Å². The third kappa shape index (κ3) is 4.79. The van der Waals surface area contributed by atoms with E-state index in [1.165, 1.54) is 34.6 Å². The monoisotopic (exact) mass is 426 g/mol. The number of benzene rings is 2. The minimum atomic E-state index is -4.60. The number of piperidine rings is 1. The molecule has 0 bridgehead atoms. The van der Waals surface area contributed by atoms with E-state index in [9.17, 15) is 26.4 Å². The first-order chi connectivity index (χ1) is 13.6. The van der Waals surface area contributed by atoms with Crippen molar-refractivity contribution in [2.75, 3.05) is 18.4 Å². The second-order valence-corrected chi connectivity index (χ2v) is 8.99. The summed E-state index contributed by atoms with van der Waals surface area (Å²) in [5.74, 6) is -1.35. The summed E-state index contributed by atoms with van der Waals surface area (Å²) in [6.07, 6.45) is -3.75. The maximum Gasteiger partial charge on any atom is 0.418 e. The molecule has 9 heteroatoms. The zero-order valence-electron chi connectivity index (χ0n) is 15.7. The van der Waals surface area contributed by atoms with E-state index in [1.54, 1.807) is 12.1 Å². The molecule has 3 rings (SSSR count). The summed E-state index contributed by atoms with van der Waals surface area (Å²) < 4.78 is 66.3. The molecule has 0 saturated carbocycles. The second-order valence-electron chi connectivity index (χ2n) is 7.05. The summed E-state index contributed by atoms with van der Waals surface area (Å²) in [5, 5.41) is 2.33. The fourth-order valence-corrected chi connectivity index (χ4v) is 4.83. The molecule has 0 aromatic heterocycles. The Hall–Kier alpha value is -2.39. The second kappa shape index (κ2) is 8.16. The van der Waals surface area contributed by atoms with E-state index in [0.29, 0.717) is 12.8 Å². The van der Waals surface area contributed by atoms with Gasteiger partial charge < -0.3 is 5.32 Å². The lowest BCUT2D eigenvalue weighted by molar-refractivity contribution is -0.137. The van der Waals surface area contributed by atoms with Crippen LogP contribution in [0.15, 0.2) is 53.4 Å². The molecule has 0 unspecified atom stereocenters. The lowest BCUT2D eigenvalue weighted by Gasteiger charge is -2.31. The van der Waals surface area contributed by atoms with Crippen molar-refractivity contribution in [1.29, 1.82) is 0 Å². The number of halogens is 3. The summed E-state index contributed by atoms with van der Waals surface area (Å²) in [7, 11) is -3.78. The molecule has 29 heavy (non-hydrogen) atoms. The zero-order chi connectivity index (χ0) is 21.2. The number of carbonyl (C=O) groups excluding carboxylic acids is 1. The van der Waals surface area contributed by atoms with E-state index < -0.39 is 33.6 Å². The number of hydrogen-bond acceptors (Lipinski definition) is 3. The van der Waals surface area contributed by atoms with Gasteiger partial charge in [-0.25, -0.2) is 8.42 Å². The Morgan fingerprint density at radius 2 is 1.76 bits per heavy atom. The molecule has 1 heterocycles. The minimum absolute atomic E-state index is 0.0732. The largest absolute Gasteiger partial charge is 0.418 e. The molecule has 1 aliphatic heterocycles. The van der Waals surface area contributed by atoms with Gasteiger partial charge in [-0.15, -0.1) is 0 Å². The maximum atomic E-state index is 13.1. The van der Waals surface area contributed by atoms with E-state index in [0.717, 1.165) is 11.6 Å². The van der Waals surface area contributed by atoms with Crippen molar-refractivity contribution >= 4 is 21.6 Å². The molecule has 1 fully saturated rings. The van der Waals surface area contributed by atoms with Gasteiger partial charge in [-0.1, -0.05) is 29.8 Å². The quantitative estimate of drug-likeness (QED) is 0.802. The normalized spacial score (nSPS) is 18.4. The van der Waals surface area contributed by atoms with E-state index >= 15 is 0 Å². The van der Waals surface area contributed by atoms with Crippen molar-refractivity contribution in [2.24, 2.45) is 5.92 Å². The van der Waals surface area contributed by atoms with Gasteiger partial charge in [0.25, 0.3) is 0 Å². The van der Waals surface area contributed by atoms with Crippen LogP contribution in [-0.2, 0) is 21.0 Å². The van der Waals surface area contributed by atoms with Gasteiger partial charge in [-0.05, 0) is 44.0 Å². The number of nitrogens with zero attached hydrogens (tertiary/aromatic N) is 1. The number of nitrogens with one attached hydrogen (secondary N) is 1. The summed E-state index contributed by atoms with van der Waals surface area (Å²) in [6.45, 7) is 2.03. The van der Waals surface area contributed by atoms with Gasteiger partial charge in [0.2, 0.25) is 15.9 Å². The van der Waals surface area contributed by atoms with Crippen LogP contribution in [0.25, 0.3) is 0 Å². The van der Waals surface area contributed by atoms with E-state index in [1.807, 2.05) is 6.92 Å². The van der Waals surface area contributed by atoms with Crippen molar-refractivity contribution in [2.45, 2.75) is 30.8 Å². The molecule has 0 aliphatic carbocycles. The average molecular weight is 426 g/mol. The average Bonchev–Trinajstić information content (AvgIpc) is 2.68. The zero-order valence-corrected chi connectivity index (χ0v) is 16.6. The van der Waals surface area contributed by atoms with Gasteiger partial charge in [0, 0.05) is 13.1 Å². The number of alkyl halides is 3. The summed E-state index contributed by atoms with van der Waals surface area (Å²) in [6, 6.07) is 11.1. The van der Waals surface area contributed by atoms with Crippen LogP contribution >= 0.6 is 0 Å². The molecule has 156 valence electrons. The molecule has 2 aromatic rings. The molecule has 1 atom stereocenters. The molecular formula is C20H21F3N2O3S. The molecule has 2 aromatic carbocycles. The van der Waals surface area contributed by atoms with Crippen molar-refractivity contribution < 1.29 is 26.4 Å². The molecule has 5 nitrogen and oxygen atoms in total. The summed E-state index contributed by atoms with van der Waals surface area (Å²) in [5.41, 5.74) is -0.347. The highest BCUT2D eigenvalue weighted by atomic mass is 32.2. The molecule has 1 N–H and O–H groups in total. The fourth-order valence-electron chi connectivity index (χ4n) is 3.31. The first-order valence-electron chi connectivity index (χ1n) is 9.13. The number of amides is 1. The summed E-state index contributed by atoms with van der Waals surface area (Å²) >= 11 is 0. The van der Waals surface area contributed by atoms with E-state index in [-0.39, 0.29) is 23.7 Å². The van der Waals surface area contributed by atoms with Crippen LogP contribution in [0.4, 0.5) is 18.9 Å².